The zero-order chi connectivity index (χ0) is 22.8. The number of aliphatic hydroxyl groups is 1. The van der Waals surface area contributed by atoms with Gasteiger partial charge in [0.05, 0.1) is 17.2 Å². The summed E-state index contributed by atoms with van der Waals surface area (Å²) in [5, 5.41) is 15.6. The Bertz CT molecular complexity index is 1090. The number of aromatic nitrogens is 1. The highest BCUT2D eigenvalue weighted by Gasteiger charge is 2.32. The van der Waals surface area contributed by atoms with Crippen LogP contribution in [0.3, 0.4) is 0 Å². The number of likely N-dealkylation sites (tertiary alicyclic amines) is 1. The van der Waals surface area contributed by atoms with E-state index in [0.717, 1.165) is 46.9 Å². The van der Waals surface area contributed by atoms with Gasteiger partial charge in [0, 0.05) is 41.3 Å². The number of hydrogen-bond donors (Lipinski definition) is 3. The lowest BCUT2D eigenvalue weighted by Crippen LogP contribution is -2.38. The fraction of sp³-hybridized carbons (Fsp3) is 0.423. The number of amides is 1. The van der Waals surface area contributed by atoms with E-state index in [1.54, 1.807) is 12.1 Å². The molecular weight excluding hydrogens is 422 g/mol. The van der Waals surface area contributed by atoms with Gasteiger partial charge in [-0.2, -0.15) is 0 Å². The van der Waals surface area contributed by atoms with Gasteiger partial charge in [-0.15, -0.1) is 0 Å². The highest BCUT2D eigenvalue weighted by molar-refractivity contribution is 6.30. The molecule has 0 radical (unpaired) electrons. The summed E-state index contributed by atoms with van der Waals surface area (Å²) >= 11 is 6.03. The van der Waals surface area contributed by atoms with Crippen LogP contribution in [0, 0.1) is 0 Å². The molecule has 1 saturated heterocycles. The molecule has 0 spiro atoms. The lowest BCUT2D eigenvalue weighted by Gasteiger charge is -2.26. The summed E-state index contributed by atoms with van der Waals surface area (Å²) in [7, 11) is 0. The first-order chi connectivity index (χ1) is 15.3. The van der Waals surface area contributed by atoms with Crippen molar-refractivity contribution < 1.29 is 9.90 Å². The smallest absolute Gasteiger partial charge is 0.256 e. The van der Waals surface area contributed by atoms with Crippen LogP contribution < -0.4 is 5.32 Å². The minimum absolute atomic E-state index is 0.109. The highest BCUT2D eigenvalue weighted by Crippen LogP contribution is 2.29. The van der Waals surface area contributed by atoms with Gasteiger partial charge in [-0.25, -0.2) is 0 Å². The molecule has 5 nitrogen and oxygen atoms in total. The van der Waals surface area contributed by atoms with E-state index in [9.17, 15) is 9.90 Å². The molecule has 6 heteroatoms. The Balaban J connectivity index is 1.45. The maximum Gasteiger partial charge on any atom is 0.256 e. The lowest BCUT2D eigenvalue weighted by molar-refractivity contribution is 0.0694. The van der Waals surface area contributed by atoms with E-state index in [2.05, 4.69) is 37.1 Å². The monoisotopic (exact) mass is 453 g/mol. The number of rotatable bonds is 7. The average molecular weight is 454 g/mol. The maximum absolute atomic E-state index is 13.3. The molecule has 0 aliphatic carbocycles. The van der Waals surface area contributed by atoms with Gasteiger partial charge >= 0.3 is 0 Å². The Morgan fingerprint density at radius 3 is 2.66 bits per heavy atom. The number of aliphatic hydroxyl groups excluding tert-OH is 1. The number of carbonyl (C=O) groups is 1. The van der Waals surface area contributed by atoms with E-state index in [1.807, 2.05) is 35.4 Å². The Labute approximate surface area is 194 Å². The molecule has 3 aromatic rings. The molecule has 32 heavy (non-hydrogen) atoms. The van der Waals surface area contributed by atoms with E-state index < -0.39 is 6.10 Å². The molecule has 1 fully saturated rings. The van der Waals surface area contributed by atoms with Gasteiger partial charge in [0.2, 0.25) is 0 Å². The van der Waals surface area contributed by atoms with E-state index in [1.165, 1.54) is 0 Å². The second-order valence-corrected chi connectivity index (χ2v) is 9.55. The molecule has 1 aliphatic rings. The summed E-state index contributed by atoms with van der Waals surface area (Å²) in [5.74, 6) is 0.109. The molecule has 170 valence electrons. The van der Waals surface area contributed by atoms with E-state index in [4.69, 9.17) is 11.6 Å². The van der Waals surface area contributed by atoms with Crippen molar-refractivity contribution in [2.24, 2.45) is 0 Å². The summed E-state index contributed by atoms with van der Waals surface area (Å²) in [6.07, 6.45) is 4.29. The zero-order valence-electron chi connectivity index (χ0n) is 18.9. The second kappa shape index (κ2) is 9.65. The van der Waals surface area contributed by atoms with Crippen LogP contribution in [-0.4, -0.2) is 45.6 Å². The van der Waals surface area contributed by atoms with Crippen LogP contribution in [0.25, 0.3) is 10.9 Å². The molecule has 3 N–H and O–H groups in total. The van der Waals surface area contributed by atoms with Gasteiger partial charge in [-0.1, -0.05) is 35.9 Å². The zero-order valence-corrected chi connectivity index (χ0v) is 19.7. The largest absolute Gasteiger partial charge is 0.387 e. The van der Waals surface area contributed by atoms with Crippen molar-refractivity contribution >= 4 is 28.4 Å². The number of benzene rings is 2. The van der Waals surface area contributed by atoms with E-state index in [-0.39, 0.29) is 24.0 Å². The van der Waals surface area contributed by atoms with E-state index >= 15 is 0 Å². The van der Waals surface area contributed by atoms with Crippen molar-refractivity contribution in [3.8, 4) is 0 Å². The molecule has 2 unspecified atom stereocenters. The van der Waals surface area contributed by atoms with Gasteiger partial charge in [0.15, 0.2) is 0 Å². The molecule has 1 amide bonds. The third-order valence-corrected chi connectivity index (χ3v) is 6.87. The summed E-state index contributed by atoms with van der Waals surface area (Å²) in [6, 6.07) is 14.0. The first-order valence-corrected chi connectivity index (χ1v) is 11.8. The second-order valence-electron chi connectivity index (χ2n) is 9.11. The highest BCUT2D eigenvalue weighted by atomic mass is 35.5. The number of aromatic amines is 1. The van der Waals surface area contributed by atoms with Crippen LogP contribution in [0.1, 0.15) is 61.2 Å². The average Bonchev–Trinajstić information content (AvgIpc) is 3.34. The lowest BCUT2D eigenvalue weighted by atomic mass is 10.0. The predicted octanol–water partition coefficient (Wildman–Crippen LogP) is 5.09. The number of nitrogens with one attached hydrogen (secondary N) is 2. The van der Waals surface area contributed by atoms with Crippen LogP contribution in [0.4, 0.5) is 0 Å². The van der Waals surface area contributed by atoms with Gasteiger partial charge < -0.3 is 20.3 Å². The third kappa shape index (κ3) is 4.70. The number of H-pyrrole nitrogens is 1. The molecule has 1 aliphatic heterocycles. The molecule has 0 saturated carbocycles. The Kier molecular flexibility index (Phi) is 6.89. The van der Waals surface area contributed by atoms with Crippen LogP contribution in [0.5, 0.6) is 0 Å². The molecule has 0 bridgehead atoms. The number of carbonyl (C=O) groups excluding carboxylic acids is 1. The normalized spacial score (nSPS) is 20.6. The van der Waals surface area contributed by atoms with Crippen molar-refractivity contribution in [3.63, 3.8) is 0 Å². The molecule has 2 heterocycles. The summed E-state index contributed by atoms with van der Waals surface area (Å²) in [5.41, 5.74) is 3.61. The minimum atomic E-state index is -0.618. The SMILES string of the molecule is CC1CCC(C)N1C(=O)c1cccc2c(C[C@@H](C)NC[C@H](O)c3cccc(Cl)c3)c[nH]c12. The van der Waals surface area contributed by atoms with Gasteiger partial charge in [-0.05, 0) is 69.4 Å². The third-order valence-electron chi connectivity index (χ3n) is 6.64. The number of nitrogens with zero attached hydrogens (tertiary/aromatic N) is 1. The van der Waals surface area contributed by atoms with Crippen molar-refractivity contribution in [1.82, 2.24) is 15.2 Å². The molecule has 4 atom stereocenters. The number of halogens is 1. The first-order valence-electron chi connectivity index (χ1n) is 11.4. The molecule has 4 rings (SSSR count). The van der Waals surface area contributed by atoms with Crippen molar-refractivity contribution in [2.45, 2.75) is 64.3 Å². The maximum atomic E-state index is 13.3. The van der Waals surface area contributed by atoms with Crippen molar-refractivity contribution in [1.29, 1.82) is 0 Å². The topological polar surface area (TPSA) is 68.4 Å². The van der Waals surface area contributed by atoms with Gasteiger partial charge in [0.1, 0.15) is 0 Å². The van der Waals surface area contributed by atoms with Crippen LogP contribution in [0.15, 0.2) is 48.7 Å². The van der Waals surface area contributed by atoms with E-state index in [0.29, 0.717) is 11.6 Å². The van der Waals surface area contributed by atoms with Crippen LogP contribution >= 0.6 is 11.6 Å². The number of hydrogen-bond acceptors (Lipinski definition) is 3. The number of para-hydroxylation sites is 1. The summed E-state index contributed by atoms with van der Waals surface area (Å²) < 4.78 is 0. The Hall–Kier alpha value is -2.34. The predicted molar refractivity (Wildman–Crippen MR) is 130 cm³/mol. The van der Waals surface area contributed by atoms with Gasteiger partial charge in [-0.3, -0.25) is 4.79 Å². The Morgan fingerprint density at radius 2 is 1.94 bits per heavy atom. The fourth-order valence-corrected chi connectivity index (χ4v) is 5.04. The Morgan fingerprint density at radius 1 is 1.22 bits per heavy atom. The van der Waals surface area contributed by atoms with Crippen LogP contribution in [0.2, 0.25) is 5.02 Å². The molecule has 2 aromatic carbocycles. The fourth-order valence-electron chi connectivity index (χ4n) is 4.84. The van der Waals surface area contributed by atoms with Gasteiger partial charge in [0.25, 0.3) is 5.91 Å². The number of fused-ring (bicyclic) bond motifs is 1. The van der Waals surface area contributed by atoms with Crippen LogP contribution in [-0.2, 0) is 6.42 Å². The quantitative estimate of drug-likeness (QED) is 0.466. The molecular formula is C26H32ClN3O2. The summed E-state index contributed by atoms with van der Waals surface area (Å²) in [4.78, 5) is 18.7. The van der Waals surface area contributed by atoms with Crippen molar-refractivity contribution in [2.75, 3.05) is 6.54 Å². The summed E-state index contributed by atoms with van der Waals surface area (Å²) in [6.45, 7) is 6.81. The van der Waals surface area contributed by atoms with Crippen molar-refractivity contribution in [3.05, 3.63) is 70.4 Å². The molecule has 1 aromatic heterocycles. The first kappa shape index (κ1) is 22.8. The minimum Gasteiger partial charge on any atom is -0.387 e. The standard InChI is InChI=1S/C26H32ClN3O2/c1-16(28-15-24(31)19-6-4-7-21(27)13-19)12-20-14-29-25-22(20)8-5-9-23(25)26(32)30-17(2)10-11-18(30)3/h4-9,13-14,16-18,24,28-29,31H,10-12,15H2,1-3H3/t16-,17?,18?,24+/m1/s1.